The smallest absolute Gasteiger partial charge is 0.259 e. The van der Waals surface area contributed by atoms with Crippen LogP contribution < -0.4 is 5.32 Å². The number of piperazine rings is 1. The van der Waals surface area contributed by atoms with E-state index in [-0.39, 0.29) is 11.3 Å². The average molecular weight is 342 g/mol. The Morgan fingerprint density at radius 2 is 2.04 bits per heavy atom. The highest BCUT2D eigenvalue weighted by Gasteiger charge is 2.31. The molecule has 0 unspecified atom stereocenters. The predicted octanol–water partition coefficient (Wildman–Crippen LogP) is 2.73. The summed E-state index contributed by atoms with van der Waals surface area (Å²) in [6, 6.07) is 1.99. The molecule has 0 atom stereocenters. The van der Waals surface area contributed by atoms with Crippen molar-refractivity contribution in [2.45, 2.75) is 46.0 Å². The molecular formula is C19H26N4O2. The lowest BCUT2D eigenvalue weighted by atomic mass is 9.89. The van der Waals surface area contributed by atoms with E-state index in [1.165, 1.54) is 0 Å². The van der Waals surface area contributed by atoms with E-state index in [1.807, 2.05) is 11.0 Å². The average Bonchev–Trinajstić information content (AvgIpc) is 3.36. The molecule has 1 saturated heterocycles. The fourth-order valence-electron chi connectivity index (χ4n) is 3.45. The first-order valence-electron chi connectivity index (χ1n) is 9.21. The summed E-state index contributed by atoms with van der Waals surface area (Å²) in [5, 5.41) is 8.38. The number of hydrogen-bond donors (Lipinski definition) is 1. The van der Waals surface area contributed by atoms with Crippen molar-refractivity contribution in [3.8, 4) is 0 Å². The van der Waals surface area contributed by atoms with E-state index < -0.39 is 0 Å². The standard InChI is InChI=1S/C19H26N4O2/c1-19(2,3)11-15-16-13(18(24)23-8-6-20-7-9-23)10-14(12-4-5-12)21-17(16)25-22-15/h10,12,20H,4-9,11H2,1-3H3. The number of carbonyl (C=O) groups is 1. The molecule has 1 aliphatic heterocycles. The molecule has 4 rings (SSSR count). The molecule has 134 valence electrons. The quantitative estimate of drug-likeness (QED) is 0.929. The fraction of sp³-hybridized carbons (Fsp3) is 0.632. The summed E-state index contributed by atoms with van der Waals surface area (Å²) >= 11 is 0. The summed E-state index contributed by atoms with van der Waals surface area (Å²) in [6.45, 7) is 9.65. The van der Waals surface area contributed by atoms with Gasteiger partial charge in [0.25, 0.3) is 11.6 Å². The minimum atomic E-state index is 0.0638. The van der Waals surface area contributed by atoms with Gasteiger partial charge in [-0.2, -0.15) is 0 Å². The normalized spacial score (nSPS) is 18.8. The van der Waals surface area contributed by atoms with Crippen molar-refractivity contribution in [3.63, 3.8) is 0 Å². The molecule has 2 aromatic rings. The SMILES string of the molecule is CC(C)(C)Cc1noc2nc(C3CC3)cc(C(=O)N3CCNCC3)c12. The minimum Gasteiger partial charge on any atom is -0.336 e. The summed E-state index contributed by atoms with van der Waals surface area (Å²) in [5.41, 5.74) is 3.12. The molecule has 25 heavy (non-hydrogen) atoms. The summed E-state index contributed by atoms with van der Waals surface area (Å²) < 4.78 is 5.55. The second-order valence-electron chi connectivity index (χ2n) is 8.46. The van der Waals surface area contributed by atoms with E-state index in [1.54, 1.807) is 0 Å². The van der Waals surface area contributed by atoms with Crippen molar-refractivity contribution >= 4 is 17.0 Å². The Bertz CT molecular complexity index is 796. The van der Waals surface area contributed by atoms with Gasteiger partial charge in [-0.3, -0.25) is 4.79 Å². The third-order valence-corrected chi connectivity index (χ3v) is 4.86. The molecule has 1 aliphatic carbocycles. The molecule has 0 spiro atoms. The van der Waals surface area contributed by atoms with Gasteiger partial charge < -0.3 is 14.7 Å². The number of hydrogen-bond acceptors (Lipinski definition) is 5. The number of amides is 1. The molecule has 1 N–H and O–H groups in total. The number of carbonyl (C=O) groups excluding carboxylic acids is 1. The van der Waals surface area contributed by atoms with Crippen molar-refractivity contribution in [3.05, 3.63) is 23.0 Å². The van der Waals surface area contributed by atoms with E-state index in [4.69, 9.17) is 4.52 Å². The van der Waals surface area contributed by atoms with Crippen LogP contribution in [0.4, 0.5) is 0 Å². The van der Waals surface area contributed by atoms with Crippen molar-refractivity contribution in [2.24, 2.45) is 5.41 Å². The van der Waals surface area contributed by atoms with Gasteiger partial charge in [-0.05, 0) is 30.7 Å². The van der Waals surface area contributed by atoms with Crippen molar-refractivity contribution in [2.75, 3.05) is 26.2 Å². The van der Waals surface area contributed by atoms with Crippen molar-refractivity contribution < 1.29 is 9.32 Å². The first kappa shape index (κ1) is 16.5. The number of rotatable bonds is 3. The van der Waals surface area contributed by atoms with Crippen LogP contribution in [0.1, 0.15) is 61.3 Å². The molecule has 0 radical (unpaired) electrons. The summed E-state index contributed by atoms with van der Waals surface area (Å²) in [6.07, 6.45) is 3.04. The van der Waals surface area contributed by atoms with Crippen LogP contribution in [0.25, 0.3) is 11.1 Å². The van der Waals surface area contributed by atoms with Crippen LogP contribution in [0.15, 0.2) is 10.6 Å². The summed E-state index contributed by atoms with van der Waals surface area (Å²) in [4.78, 5) is 19.8. The van der Waals surface area contributed by atoms with Gasteiger partial charge in [-0.1, -0.05) is 25.9 Å². The van der Waals surface area contributed by atoms with Gasteiger partial charge in [0.2, 0.25) is 0 Å². The van der Waals surface area contributed by atoms with Gasteiger partial charge in [0, 0.05) is 37.8 Å². The van der Waals surface area contributed by atoms with Crippen LogP contribution in [-0.4, -0.2) is 47.1 Å². The topological polar surface area (TPSA) is 71.3 Å². The summed E-state index contributed by atoms with van der Waals surface area (Å²) in [5.74, 6) is 0.546. The molecule has 2 aliphatic rings. The maximum atomic E-state index is 13.2. The Hall–Kier alpha value is -1.95. The first-order valence-corrected chi connectivity index (χ1v) is 9.21. The molecule has 1 saturated carbocycles. The van der Waals surface area contributed by atoms with Crippen LogP contribution in [-0.2, 0) is 6.42 Å². The second-order valence-corrected chi connectivity index (χ2v) is 8.46. The fourth-order valence-corrected chi connectivity index (χ4v) is 3.45. The van der Waals surface area contributed by atoms with Gasteiger partial charge in [-0.25, -0.2) is 4.98 Å². The maximum absolute atomic E-state index is 13.2. The number of aromatic nitrogens is 2. The van der Waals surface area contributed by atoms with Crippen LogP contribution in [0.3, 0.4) is 0 Å². The molecule has 6 heteroatoms. The number of pyridine rings is 1. The third-order valence-electron chi connectivity index (χ3n) is 4.86. The van der Waals surface area contributed by atoms with Crippen LogP contribution in [0, 0.1) is 5.41 Å². The second kappa shape index (κ2) is 6.09. The number of fused-ring (bicyclic) bond motifs is 1. The van der Waals surface area contributed by atoms with E-state index in [2.05, 4.69) is 36.2 Å². The highest BCUT2D eigenvalue weighted by Crippen LogP contribution is 2.41. The zero-order valence-electron chi connectivity index (χ0n) is 15.3. The maximum Gasteiger partial charge on any atom is 0.259 e. The minimum absolute atomic E-state index is 0.0638. The first-order chi connectivity index (χ1) is 11.9. The van der Waals surface area contributed by atoms with E-state index in [9.17, 15) is 4.79 Å². The lowest BCUT2D eigenvalue weighted by Gasteiger charge is -2.28. The lowest BCUT2D eigenvalue weighted by molar-refractivity contribution is 0.0737. The molecular weight excluding hydrogens is 316 g/mol. The van der Waals surface area contributed by atoms with E-state index >= 15 is 0 Å². The molecule has 0 aromatic carbocycles. The summed E-state index contributed by atoms with van der Waals surface area (Å²) in [7, 11) is 0. The zero-order chi connectivity index (χ0) is 17.6. The Morgan fingerprint density at radius 3 is 2.68 bits per heavy atom. The van der Waals surface area contributed by atoms with Crippen LogP contribution in [0.5, 0.6) is 0 Å². The highest BCUT2D eigenvalue weighted by atomic mass is 16.5. The number of nitrogens with one attached hydrogen (secondary N) is 1. The largest absolute Gasteiger partial charge is 0.336 e. The number of nitrogens with zero attached hydrogens (tertiary/aromatic N) is 3. The van der Waals surface area contributed by atoms with E-state index in [0.29, 0.717) is 17.2 Å². The Kier molecular flexibility index (Phi) is 4.02. The zero-order valence-corrected chi connectivity index (χ0v) is 15.3. The van der Waals surface area contributed by atoms with E-state index in [0.717, 1.165) is 62.2 Å². The van der Waals surface area contributed by atoms with Gasteiger partial charge in [0.15, 0.2) is 0 Å². The molecule has 2 aromatic heterocycles. The monoisotopic (exact) mass is 342 g/mol. The van der Waals surface area contributed by atoms with Gasteiger partial charge in [0.1, 0.15) is 0 Å². The van der Waals surface area contributed by atoms with Gasteiger partial charge in [0.05, 0.1) is 16.6 Å². The molecule has 2 fully saturated rings. The highest BCUT2D eigenvalue weighted by molar-refractivity contribution is 6.06. The molecule has 0 bridgehead atoms. The third kappa shape index (κ3) is 3.40. The molecule has 6 nitrogen and oxygen atoms in total. The predicted molar refractivity (Wildman–Crippen MR) is 95.7 cm³/mol. The Labute approximate surface area is 148 Å². The van der Waals surface area contributed by atoms with Gasteiger partial charge >= 0.3 is 0 Å². The Morgan fingerprint density at radius 1 is 1.32 bits per heavy atom. The van der Waals surface area contributed by atoms with Crippen molar-refractivity contribution in [1.82, 2.24) is 20.4 Å². The van der Waals surface area contributed by atoms with Crippen LogP contribution >= 0.6 is 0 Å². The Balaban J connectivity index is 1.80. The lowest BCUT2D eigenvalue weighted by Crippen LogP contribution is -2.46. The van der Waals surface area contributed by atoms with Crippen molar-refractivity contribution in [1.29, 1.82) is 0 Å². The molecule has 3 heterocycles. The molecule has 1 amide bonds. The van der Waals surface area contributed by atoms with Gasteiger partial charge in [-0.15, -0.1) is 0 Å². The van der Waals surface area contributed by atoms with Crippen LogP contribution in [0.2, 0.25) is 0 Å².